The SMILES string of the molecule is Cc1cnc2c(Br)cnc(Cl)n12. The Morgan fingerprint density at radius 2 is 2.17 bits per heavy atom. The topological polar surface area (TPSA) is 30.2 Å². The smallest absolute Gasteiger partial charge is 0.208 e. The van der Waals surface area contributed by atoms with E-state index in [1.165, 1.54) is 0 Å². The van der Waals surface area contributed by atoms with Gasteiger partial charge in [-0.1, -0.05) is 0 Å². The lowest BCUT2D eigenvalue weighted by Gasteiger charge is -1.99. The lowest BCUT2D eigenvalue weighted by Crippen LogP contribution is -1.92. The van der Waals surface area contributed by atoms with Gasteiger partial charge in [0, 0.05) is 18.1 Å². The van der Waals surface area contributed by atoms with E-state index in [-0.39, 0.29) is 0 Å². The first-order chi connectivity index (χ1) is 5.70. The number of nitrogens with zero attached hydrogens (tertiary/aromatic N) is 3. The van der Waals surface area contributed by atoms with Crippen molar-refractivity contribution in [3.63, 3.8) is 0 Å². The molecule has 2 rings (SSSR count). The van der Waals surface area contributed by atoms with Gasteiger partial charge in [0.15, 0.2) is 5.65 Å². The molecule has 62 valence electrons. The van der Waals surface area contributed by atoms with E-state index in [1.807, 2.05) is 6.92 Å². The molecule has 0 amide bonds. The van der Waals surface area contributed by atoms with E-state index in [2.05, 4.69) is 25.9 Å². The van der Waals surface area contributed by atoms with Crippen LogP contribution in [0.2, 0.25) is 5.28 Å². The van der Waals surface area contributed by atoms with Gasteiger partial charge in [0.2, 0.25) is 5.28 Å². The van der Waals surface area contributed by atoms with Crippen LogP contribution in [0.3, 0.4) is 0 Å². The molecule has 2 heterocycles. The summed E-state index contributed by atoms with van der Waals surface area (Å²) in [6, 6.07) is 0. The Morgan fingerprint density at radius 3 is 2.83 bits per heavy atom. The van der Waals surface area contributed by atoms with Gasteiger partial charge in [-0.2, -0.15) is 0 Å². The van der Waals surface area contributed by atoms with Gasteiger partial charge in [-0.05, 0) is 34.5 Å². The normalized spacial score (nSPS) is 10.9. The molecule has 0 aliphatic carbocycles. The molecule has 0 radical (unpaired) electrons. The van der Waals surface area contributed by atoms with Gasteiger partial charge in [0.1, 0.15) is 0 Å². The predicted octanol–water partition coefficient (Wildman–Crippen LogP) is 2.45. The van der Waals surface area contributed by atoms with Crippen LogP contribution in [-0.2, 0) is 0 Å². The van der Waals surface area contributed by atoms with Crippen LogP contribution >= 0.6 is 27.5 Å². The number of imidazole rings is 1. The molecule has 0 fully saturated rings. The van der Waals surface area contributed by atoms with Crippen LogP contribution < -0.4 is 0 Å². The molecule has 5 heteroatoms. The summed E-state index contributed by atoms with van der Waals surface area (Å²) in [5, 5.41) is 0.434. The molecule has 0 bridgehead atoms. The largest absolute Gasteiger partial charge is 0.271 e. The Labute approximate surface area is 82.5 Å². The van der Waals surface area contributed by atoms with Gasteiger partial charge in [0.05, 0.1) is 4.47 Å². The van der Waals surface area contributed by atoms with Gasteiger partial charge in [0.25, 0.3) is 0 Å². The number of hydrogen-bond acceptors (Lipinski definition) is 2. The monoisotopic (exact) mass is 245 g/mol. The molecular weight excluding hydrogens is 241 g/mol. The number of halogens is 2. The van der Waals surface area contributed by atoms with E-state index in [0.717, 1.165) is 15.8 Å². The van der Waals surface area contributed by atoms with Crippen molar-refractivity contribution in [3.05, 3.63) is 27.8 Å². The Kier molecular flexibility index (Phi) is 1.81. The molecule has 0 aliphatic rings. The van der Waals surface area contributed by atoms with Crippen LogP contribution in [-0.4, -0.2) is 14.4 Å². The zero-order valence-corrected chi connectivity index (χ0v) is 8.59. The summed E-state index contributed by atoms with van der Waals surface area (Å²) in [5.41, 5.74) is 1.77. The molecule has 0 atom stereocenters. The van der Waals surface area contributed by atoms with Crippen molar-refractivity contribution in [2.75, 3.05) is 0 Å². The van der Waals surface area contributed by atoms with E-state index < -0.39 is 0 Å². The Morgan fingerprint density at radius 1 is 1.42 bits per heavy atom. The van der Waals surface area contributed by atoms with Gasteiger partial charge in [-0.15, -0.1) is 0 Å². The maximum atomic E-state index is 5.87. The van der Waals surface area contributed by atoms with Gasteiger partial charge >= 0.3 is 0 Å². The second kappa shape index (κ2) is 2.71. The Hall–Kier alpha value is -0.610. The van der Waals surface area contributed by atoms with Crippen LogP contribution in [0.5, 0.6) is 0 Å². The third kappa shape index (κ3) is 1.03. The Balaban J connectivity index is 2.98. The summed E-state index contributed by atoms with van der Waals surface area (Å²) >= 11 is 9.21. The summed E-state index contributed by atoms with van der Waals surface area (Å²) in [5.74, 6) is 0. The molecule has 0 aliphatic heterocycles. The first-order valence-electron chi connectivity index (χ1n) is 3.34. The molecule has 12 heavy (non-hydrogen) atoms. The molecule has 2 aromatic heterocycles. The van der Waals surface area contributed by atoms with E-state index in [0.29, 0.717) is 5.28 Å². The summed E-state index contributed by atoms with van der Waals surface area (Å²) in [7, 11) is 0. The van der Waals surface area contributed by atoms with Crippen molar-refractivity contribution < 1.29 is 0 Å². The zero-order chi connectivity index (χ0) is 8.72. The Bertz CT molecular complexity index is 437. The molecule has 0 saturated heterocycles. The highest BCUT2D eigenvalue weighted by Gasteiger charge is 2.06. The van der Waals surface area contributed by atoms with Gasteiger partial charge < -0.3 is 0 Å². The third-order valence-corrected chi connectivity index (χ3v) is 2.45. The zero-order valence-electron chi connectivity index (χ0n) is 6.25. The fraction of sp³-hybridized carbons (Fsp3) is 0.143. The minimum absolute atomic E-state index is 0.434. The minimum atomic E-state index is 0.434. The van der Waals surface area contributed by atoms with Crippen molar-refractivity contribution in [1.29, 1.82) is 0 Å². The lowest BCUT2D eigenvalue weighted by atomic mass is 10.5. The van der Waals surface area contributed by atoms with Crippen LogP contribution in [0.25, 0.3) is 5.65 Å². The van der Waals surface area contributed by atoms with Crippen molar-refractivity contribution >= 4 is 33.2 Å². The predicted molar refractivity (Wildman–Crippen MR) is 50.4 cm³/mol. The maximum absolute atomic E-state index is 5.87. The third-order valence-electron chi connectivity index (χ3n) is 1.62. The highest BCUT2D eigenvalue weighted by Crippen LogP contribution is 2.20. The fourth-order valence-electron chi connectivity index (χ4n) is 1.06. The first-order valence-corrected chi connectivity index (χ1v) is 4.51. The number of aryl methyl sites for hydroxylation is 1. The number of hydrogen-bond donors (Lipinski definition) is 0. The van der Waals surface area contributed by atoms with Crippen LogP contribution in [0.1, 0.15) is 5.69 Å². The molecule has 0 spiro atoms. The number of fused-ring (bicyclic) bond motifs is 1. The van der Waals surface area contributed by atoms with Crippen molar-refractivity contribution in [2.45, 2.75) is 6.92 Å². The van der Waals surface area contributed by atoms with Crippen molar-refractivity contribution in [3.8, 4) is 0 Å². The summed E-state index contributed by atoms with van der Waals surface area (Å²) in [4.78, 5) is 8.15. The van der Waals surface area contributed by atoms with E-state index in [9.17, 15) is 0 Å². The fourth-order valence-corrected chi connectivity index (χ4v) is 1.71. The highest BCUT2D eigenvalue weighted by atomic mass is 79.9. The second-order valence-corrected chi connectivity index (χ2v) is 3.63. The van der Waals surface area contributed by atoms with E-state index in [4.69, 9.17) is 11.6 Å². The quantitative estimate of drug-likeness (QED) is 0.669. The molecule has 0 saturated carbocycles. The highest BCUT2D eigenvalue weighted by molar-refractivity contribution is 9.10. The number of rotatable bonds is 0. The van der Waals surface area contributed by atoms with Crippen LogP contribution in [0, 0.1) is 6.92 Å². The lowest BCUT2D eigenvalue weighted by molar-refractivity contribution is 1.03. The molecule has 3 nitrogen and oxygen atoms in total. The summed E-state index contributed by atoms with van der Waals surface area (Å²) in [6.07, 6.45) is 3.40. The minimum Gasteiger partial charge on any atom is -0.271 e. The van der Waals surface area contributed by atoms with Gasteiger partial charge in [-0.3, -0.25) is 4.40 Å². The van der Waals surface area contributed by atoms with Crippen LogP contribution in [0.15, 0.2) is 16.9 Å². The molecular formula is C7H5BrClN3. The average molecular weight is 246 g/mol. The summed E-state index contributed by atoms with van der Waals surface area (Å²) < 4.78 is 2.63. The molecule has 2 aromatic rings. The van der Waals surface area contributed by atoms with Crippen molar-refractivity contribution in [2.24, 2.45) is 0 Å². The molecule has 0 N–H and O–H groups in total. The second-order valence-electron chi connectivity index (χ2n) is 2.43. The average Bonchev–Trinajstić information content (AvgIpc) is 2.42. The van der Waals surface area contributed by atoms with Gasteiger partial charge in [-0.25, -0.2) is 9.97 Å². The standard InChI is InChI=1S/C7H5BrClN3/c1-4-2-10-6-5(8)3-11-7(9)12(4)6/h2-3H,1H3. The van der Waals surface area contributed by atoms with Crippen molar-refractivity contribution in [1.82, 2.24) is 14.4 Å². The summed E-state index contributed by atoms with van der Waals surface area (Å²) in [6.45, 7) is 1.93. The van der Waals surface area contributed by atoms with E-state index in [1.54, 1.807) is 16.8 Å². The maximum Gasteiger partial charge on any atom is 0.208 e. The van der Waals surface area contributed by atoms with E-state index >= 15 is 0 Å². The molecule has 0 unspecified atom stereocenters. The first kappa shape index (κ1) is 8.01. The molecule has 0 aromatic carbocycles. The van der Waals surface area contributed by atoms with Crippen LogP contribution in [0.4, 0.5) is 0 Å². The number of aromatic nitrogens is 3.